The maximum absolute atomic E-state index is 14.6. The highest BCUT2D eigenvalue weighted by Crippen LogP contribution is 2.83. The predicted molar refractivity (Wildman–Crippen MR) is 183 cm³/mol. The SMILES string of the molecule is COC(=O)/C(CO)=C1/C(=O)[C@H](O)[C@]2(C)C3=C(C[C@@H]4[C@]5(OC(=O)C6=C5C[C@H]5[C@](O)(COC(=O)/C(C)=C/COC(=O)[C@@H](O)[C@H](O)C(=O)OC6)[C@H]6C[C@H]6[C@]45C)[C@H]31)[C@H]1C[C@H]12. The summed E-state index contributed by atoms with van der Waals surface area (Å²) in [5.41, 5.74) is -4.22. The summed E-state index contributed by atoms with van der Waals surface area (Å²) in [5.74, 6) is -9.58. The van der Waals surface area contributed by atoms with Gasteiger partial charge in [-0.15, -0.1) is 0 Å². The number of aliphatic hydroxyl groups excluding tert-OH is 4. The van der Waals surface area contributed by atoms with E-state index in [2.05, 4.69) is 0 Å². The minimum Gasteiger partial charge on any atom is -0.466 e. The molecule has 16 heteroatoms. The van der Waals surface area contributed by atoms with Crippen LogP contribution in [0.2, 0.25) is 0 Å². The average molecular weight is 781 g/mol. The number of Topliss-reactive ketones (excluding diaryl/α,β-unsaturated/α-hetero) is 1. The molecule has 5 fully saturated rings. The number of esters is 5. The van der Waals surface area contributed by atoms with Crippen LogP contribution >= 0.6 is 0 Å². The lowest BCUT2D eigenvalue weighted by Crippen LogP contribution is -2.67. The van der Waals surface area contributed by atoms with Gasteiger partial charge < -0.3 is 49.2 Å². The van der Waals surface area contributed by atoms with Gasteiger partial charge in [-0.3, -0.25) is 4.79 Å². The molecule has 2 heterocycles. The molecule has 1 spiro atoms. The second kappa shape index (κ2) is 11.9. The molecule has 0 radical (unpaired) electrons. The molecule has 0 aromatic heterocycles. The van der Waals surface area contributed by atoms with E-state index in [0.717, 1.165) is 12.7 Å². The monoisotopic (exact) mass is 780 g/mol. The first kappa shape index (κ1) is 37.4. The molecule has 9 rings (SSSR count). The molecule has 0 amide bonds. The Hall–Kier alpha value is -4.22. The van der Waals surface area contributed by atoms with Crippen molar-refractivity contribution < 1.29 is 78.0 Å². The fourth-order valence-corrected chi connectivity index (χ4v) is 12.8. The van der Waals surface area contributed by atoms with Crippen LogP contribution in [0, 0.1) is 52.3 Å². The van der Waals surface area contributed by atoms with Crippen LogP contribution in [-0.4, -0.2) is 124 Å². The molecule has 0 unspecified atom stereocenters. The van der Waals surface area contributed by atoms with Crippen LogP contribution in [0.3, 0.4) is 0 Å². The number of fused-ring (bicyclic) bond motifs is 7. The Morgan fingerprint density at radius 3 is 2.29 bits per heavy atom. The quantitative estimate of drug-likeness (QED) is 0.101. The second-order valence-corrected chi connectivity index (χ2v) is 17.5. The molecule has 5 saturated carbocycles. The third-order valence-electron chi connectivity index (χ3n) is 15.5. The van der Waals surface area contributed by atoms with Crippen molar-refractivity contribution in [3.63, 3.8) is 0 Å². The van der Waals surface area contributed by atoms with E-state index in [1.165, 1.54) is 13.0 Å². The highest BCUT2D eigenvalue weighted by molar-refractivity contribution is 6.09. The highest BCUT2D eigenvalue weighted by Gasteiger charge is 2.84. The van der Waals surface area contributed by atoms with Gasteiger partial charge in [0.1, 0.15) is 37.1 Å². The van der Waals surface area contributed by atoms with Gasteiger partial charge in [-0.2, -0.15) is 0 Å². The summed E-state index contributed by atoms with van der Waals surface area (Å²) in [6.45, 7) is 2.55. The molecule has 0 aromatic rings. The minimum absolute atomic E-state index is 0.00884. The van der Waals surface area contributed by atoms with E-state index >= 15 is 0 Å². The molecule has 56 heavy (non-hydrogen) atoms. The lowest BCUT2D eigenvalue weighted by molar-refractivity contribution is -0.191. The van der Waals surface area contributed by atoms with Gasteiger partial charge in [-0.25, -0.2) is 24.0 Å². The van der Waals surface area contributed by atoms with Crippen LogP contribution in [0.15, 0.2) is 45.1 Å². The molecule has 16 nitrogen and oxygen atoms in total. The van der Waals surface area contributed by atoms with Gasteiger partial charge in [0, 0.05) is 28.4 Å². The summed E-state index contributed by atoms with van der Waals surface area (Å²) >= 11 is 0. The van der Waals surface area contributed by atoms with E-state index in [1.807, 2.05) is 6.92 Å². The molecular formula is C40H44O16. The Kier molecular flexibility index (Phi) is 7.95. The van der Waals surface area contributed by atoms with Gasteiger partial charge in [0.05, 0.1) is 30.8 Å². The zero-order chi connectivity index (χ0) is 40.2. The third-order valence-corrected chi connectivity index (χ3v) is 15.5. The number of carbonyl (C=O) groups is 6. The Morgan fingerprint density at radius 1 is 0.911 bits per heavy atom. The van der Waals surface area contributed by atoms with Crippen LogP contribution in [-0.2, 0) is 52.5 Å². The zero-order valence-corrected chi connectivity index (χ0v) is 31.2. The van der Waals surface area contributed by atoms with E-state index in [-0.39, 0.29) is 52.4 Å². The lowest BCUT2D eigenvalue weighted by atomic mass is 9.42. The summed E-state index contributed by atoms with van der Waals surface area (Å²) in [4.78, 5) is 81.3. The smallest absolute Gasteiger partial charge is 0.338 e. The van der Waals surface area contributed by atoms with Crippen LogP contribution in [0.1, 0.15) is 46.5 Å². The molecule has 9 aliphatic rings. The topological polar surface area (TPSA) is 250 Å². The number of rotatable bonds is 2. The first-order valence-electron chi connectivity index (χ1n) is 19.0. The van der Waals surface area contributed by atoms with Crippen molar-refractivity contribution in [2.45, 2.75) is 76.0 Å². The predicted octanol–water partition coefficient (Wildman–Crippen LogP) is -0.709. The van der Waals surface area contributed by atoms with Crippen molar-refractivity contribution >= 4 is 35.6 Å². The number of aliphatic hydroxyl groups is 5. The van der Waals surface area contributed by atoms with E-state index in [4.69, 9.17) is 23.7 Å². The Morgan fingerprint density at radius 2 is 1.61 bits per heavy atom. The number of hydrogen-bond donors (Lipinski definition) is 5. The zero-order valence-electron chi connectivity index (χ0n) is 31.2. The number of allylic oxidation sites excluding steroid dienone is 1. The van der Waals surface area contributed by atoms with Gasteiger partial charge in [0.15, 0.2) is 18.0 Å². The third kappa shape index (κ3) is 4.42. The summed E-state index contributed by atoms with van der Waals surface area (Å²) in [6, 6.07) is 0. The molecule has 14 atom stereocenters. The lowest BCUT2D eigenvalue weighted by Gasteiger charge is -2.63. The van der Waals surface area contributed by atoms with Crippen molar-refractivity contribution in [3.8, 4) is 0 Å². The average Bonchev–Trinajstić information content (AvgIpc) is 4.10. The van der Waals surface area contributed by atoms with Crippen molar-refractivity contribution in [3.05, 3.63) is 45.1 Å². The minimum atomic E-state index is -2.43. The Labute approximate surface area is 320 Å². The number of ether oxygens (including phenoxy) is 5. The first-order chi connectivity index (χ1) is 26.4. The Balaban J connectivity index is 1.28. The van der Waals surface area contributed by atoms with Crippen molar-refractivity contribution in [1.82, 2.24) is 0 Å². The van der Waals surface area contributed by atoms with Gasteiger partial charge in [0.2, 0.25) is 0 Å². The molecule has 2 bridgehead atoms. The van der Waals surface area contributed by atoms with Crippen molar-refractivity contribution in [2.24, 2.45) is 52.3 Å². The summed E-state index contributed by atoms with van der Waals surface area (Å²) in [7, 11) is 1.09. The van der Waals surface area contributed by atoms with Crippen LogP contribution in [0.25, 0.3) is 0 Å². The van der Waals surface area contributed by atoms with E-state index in [0.29, 0.717) is 24.8 Å². The van der Waals surface area contributed by atoms with Crippen molar-refractivity contribution in [2.75, 3.05) is 33.5 Å². The maximum Gasteiger partial charge on any atom is 0.338 e. The molecule has 2 aliphatic heterocycles. The second-order valence-electron chi connectivity index (χ2n) is 17.5. The molecular weight excluding hydrogens is 736 g/mol. The van der Waals surface area contributed by atoms with Gasteiger partial charge in [0.25, 0.3) is 0 Å². The van der Waals surface area contributed by atoms with Gasteiger partial charge in [-0.05, 0) is 78.9 Å². The van der Waals surface area contributed by atoms with Crippen molar-refractivity contribution in [1.29, 1.82) is 0 Å². The normalized spacial score (nSPS) is 48.1. The fraction of sp³-hybridized carbons (Fsp3) is 0.650. The molecule has 0 saturated heterocycles. The first-order valence-corrected chi connectivity index (χ1v) is 19.0. The van der Waals surface area contributed by atoms with Gasteiger partial charge in [-0.1, -0.05) is 19.4 Å². The maximum atomic E-state index is 14.6. The molecule has 7 aliphatic carbocycles. The number of methoxy groups -OCH3 is 1. The van der Waals surface area contributed by atoms with Crippen LogP contribution in [0.5, 0.6) is 0 Å². The summed E-state index contributed by atoms with van der Waals surface area (Å²) in [5, 5.41) is 56.3. The van der Waals surface area contributed by atoms with E-state index in [9.17, 15) is 54.3 Å². The number of cyclic esters (lactones) is 3. The molecule has 300 valence electrons. The largest absolute Gasteiger partial charge is 0.466 e. The number of ketones is 1. The molecule has 0 aromatic carbocycles. The summed E-state index contributed by atoms with van der Waals surface area (Å²) in [6.07, 6.45) is -3.66. The Bertz CT molecular complexity index is 2060. The van der Waals surface area contributed by atoms with E-state index in [1.54, 1.807) is 6.92 Å². The van der Waals surface area contributed by atoms with Crippen LogP contribution < -0.4 is 0 Å². The van der Waals surface area contributed by atoms with Crippen LogP contribution in [0.4, 0.5) is 0 Å². The molecule has 5 N–H and O–H groups in total. The summed E-state index contributed by atoms with van der Waals surface area (Å²) < 4.78 is 27.7. The fourth-order valence-electron chi connectivity index (χ4n) is 12.8. The number of carbonyl (C=O) groups excluding carboxylic acids is 6. The van der Waals surface area contributed by atoms with E-state index < -0.39 is 126 Å². The number of hydrogen-bond acceptors (Lipinski definition) is 16. The standard InChI is InChI=1S/C40H44O16/c1-14-5-6-53-35(49)29(43)30(44)36(50)54-12-18-20-10-23-37(2,21-9-22(21)39(23,51)13-55-32(14)46)24-8-16-15-7-19(15)38(3)26(16)27(40(20,24)56-34(18)48)25(28(42)31(38)45)17(11-41)33(47)52-4/h5,15,19,21-24,27,29-31,41,43-45,51H,6-13H2,1-4H3/b14-5+,25-17+/t15-,19-,21-,22+,23-,24+,27+,29+,30+,31+,37+,38+,39+,40+/m1/s1. The highest BCUT2D eigenvalue weighted by atomic mass is 16.6. The van der Waals surface area contributed by atoms with Gasteiger partial charge >= 0.3 is 29.8 Å².